The first-order valence-electron chi connectivity index (χ1n) is 24.6. The number of phenols is 1. The molecule has 67 heavy (non-hydrogen) atoms. The molecule has 7 heterocycles. The number of rotatable bonds is 9. The highest BCUT2D eigenvalue weighted by molar-refractivity contribution is 5.93. The number of carbonyl (C=O) groups excluding carboxylic acids is 3. The summed E-state index contributed by atoms with van der Waals surface area (Å²) in [6, 6.07) is 16.7. The molecule has 1 aromatic heterocycles. The van der Waals surface area contributed by atoms with Crippen molar-refractivity contribution in [3.63, 3.8) is 0 Å². The van der Waals surface area contributed by atoms with E-state index in [4.69, 9.17) is 6.42 Å². The Morgan fingerprint density at radius 1 is 0.821 bits per heavy atom. The number of fused-ring (bicyclic) bond motifs is 3. The fraction of sp³-hybridized carbons (Fsp3) is 0.588. The van der Waals surface area contributed by atoms with E-state index in [9.17, 15) is 24.6 Å². The minimum absolute atomic E-state index is 0.0331. The molecule has 5 saturated heterocycles. The molecule has 9 rings (SSSR count). The lowest BCUT2D eigenvalue weighted by Gasteiger charge is -2.50. The first kappa shape index (κ1) is 46.6. The number of carbonyl (C=O) groups is 3. The van der Waals surface area contributed by atoms with Gasteiger partial charge in [0.1, 0.15) is 17.8 Å². The van der Waals surface area contributed by atoms with Gasteiger partial charge in [-0.05, 0) is 106 Å². The number of aliphatic hydroxyl groups is 1. The number of hydrogen-bond acceptors (Lipinski definition) is 12. The monoisotopic (exact) mass is 916 g/mol. The molecule has 5 fully saturated rings. The zero-order valence-electron chi connectivity index (χ0n) is 39.4. The Labute approximate surface area is 395 Å². The van der Waals surface area contributed by atoms with Crippen molar-refractivity contribution in [1.29, 1.82) is 0 Å². The molecule has 0 spiro atoms. The molecule has 0 saturated carbocycles. The Morgan fingerprint density at radius 3 is 2.10 bits per heavy atom. The number of aromatic nitrogens is 2. The summed E-state index contributed by atoms with van der Waals surface area (Å²) < 4.78 is 0. The van der Waals surface area contributed by atoms with Gasteiger partial charge in [0.25, 0.3) is 0 Å². The first-order chi connectivity index (χ1) is 32.3. The number of nitrogens with one attached hydrogen (secondary N) is 3. The van der Waals surface area contributed by atoms with Crippen molar-refractivity contribution < 1.29 is 24.6 Å². The number of aliphatic hydroxyl groups excluding tert-OH is 1. The summed E-state index contributed by atoms with van der Waals surface area (Å²) in [5, 5.41) is 39.5. The van der Waals surface area contributed by atoms with Gasteiger partial charge in [-0.2, -0.15) is 0 Å². The van der Waals surface area contributed by atoms with E-state index >= 15 is 0 Å². The van der Waals surface area contributed by atoms with Gasteiger partial charge in [-0.1, -0.05) is 51.0 Å². The third-order valence-corrected chi connectivity index (χ3v) is 15.4. The second-order valence-corrected chi connectivity index (χ2v) is 20.7. The topological polar surface area (TPSA) is 173 Å². The minimum Gasteiger partial charge on any atom is -0.507 e. The van der Waals surface area contributed by atoms with E-state index in [0.29, 0.717) is 48.5 Å². The summed E-state index contributed by atoms with van der Waals surface area (Å²) in [6.07, 6.45) is 11.3. The van der Waals surface area contributed by atoms with Gasteiger partial charge in [0, 0.05) is 88.0 Å². The number of urea groups is 1. The molecule has 6 aliphatic rings. The summed E-state index contributed by atoms with van der Waals surface area (Å²) in [4.78, 5) is 55.3. The van der Waals surface area contributed by atoms with Gasteiger partial charge in [0.05, 0.1) is 23.5 Å². The number of benzene rings is 2. The number of piperidine rings is 3. The van der Waals surface area contributed by atoms with E-state index < -0.39 is 23.6 Å². The summed E-state index contributed by atoms with van der Waals surface area (Å²) in [6.45, 7) is 15.6. The number of piperazine rings is 1. The van der Waals surface area contributed by atoms with Gasteiger partial charge in [-0.15, -0.1) is 16.6 Å². The fourth-order valence-corrected chi connectivity index (χ4v) is 11.5. The van der Waals surface area contributed by atoms with E-state index in [1.54, 1.807) is 6.07 Å². The predicted octanol–water partition coefficient (Wildman–Crippen LogP) is 3.54. The van der Waals surface area contributed by atoms with Crippen LogP contribution in [-0.4, -0.2) is 177 Å². The number of phenolic OH excluding ortho intramolecular Hbond substituents is 1. The number of nitrogens with zero attached hydrogens (tertiary/aromatic N) is 8. The molecule has 4 amide bonds. The van der Waals surface area contributed by atoms with Crippen molar-refractivity contribution in [1.82, 2.24) is 45.3 Å². The Bertz CT molecular complexity index is 2270. The third-order valence-electron chi connectivity index (χ3n) is 15.4. The molecule has 0 bridgehead atoms. The Morgan fingerprint density at radius 2 is 1.46 bits per heavy atom. The molecule has 16 nitrogen and oxygen atoms in total. The third kappa shape index (κ3) is 10.4. The molecule has 358 valence electrons. The van der Waals surface area contributed by atoms with Crippen LogP contribution >= 0.6 is 0 Å². The molecule has 0 radical (unpaired) electrons. The molecule has 0 unspecified atom stereocenters. The number of para-hydroxylation sites is 1. The summed E-state index contributed by atoms with van der Waals surface area (Å²) in [7, 11) is 0. The first-order valence-corrected chi connectivity index (χ1v) is 24.6. The average molecular weight is 916 g/mol. The van der Waals surface area contributed by atoms with Gasteiger partial charge in [-0.25, -0.2) is 4.79 Å². The molecule has 16 heteroatoms. The van der Waals surface area contributed by atoms with Gasteiger partial charge >= 0.3 is 6.03 Å². The lowest BCUT2D eigenvalue weighted by molar-refractivity contribution is -0.142. The average Bonchev–Trinajstić information content (AvgIpc) is 3.76. The quantitative estimate of drug-likeness (QED) is 0.198. The smallest absolute Gasteiger partial charge is 0.318 e. The number of aromatic hydroxyl groups is 1. The largest absolute Gasteiger partial charge is 0.507 e. The van der Waals surface area contributed by atoms with Gasteiger partial charge < -0.3 is 50.7 Å². The second-order valence-electron chi connectivity index (χ2n) is 20.7. The zero-order valence-corrected chi connectivity index (χ0v) is 39.4. The van der Waals surface area contributed by atoms with Crippen molar-refractivity contribution in [3.05, 3.63) is 65.7 Å². The van der Waals surface area contributed by atoms with Gasteiger partial charge in [0.2, 0.25) is 11.8 Å². The molecule has 2 aromatic carbocycles. The highest BCUT2D eigenvalue weighted by atomic mass is 16.3. The van der Waals surface area contributed by atoms with Crippen LogP contribution < -0.4 is 20.9 Å². The number of amides is 4. The van der Waals surface area contributed by atoms with Crippen LogP contribution in [0.25, 0.3) is 11.3 Å². The van der Waals surface area contributed by atoms with Crippen LogP contribution in [0.5, 0.6) is 5.75 Å². The number of likely N-dealkylation sites (tertiary alicyclic amines) is 4. The van der Waals surface area contributed by atoms with E-state index in [0.717, 1.165) is 87.8 Å². The summed E-state index contributed by atoms with van der Waals surface area (Å²) in [5.74, 6) is 2.92. The maximum absolute atomic E-state index is 14.2. The van der Waals surface area contributed by atoms with Crippen LogP contribution in [0, 0.1) is 17.8 Å². The van der Waals surface area contributed by atoms with Crippen molar-refractivity contribution >= 4 is 29.4 Å². The number of anilines is 2. The lowest BCUT2D eigenvalue weighted by atomic mass is 9.85. The van der Waals surface area contributed by atoms with Crippen LogP contribution in [0.3, 0.4) is 0 Å². The standard InChI is InChI=1S/C51H69N11O5/c1-5-34-10-12-35(13-11-34)30-53-48(65)44-28-40(63)33-62(44)49(66)46(51(2,3)4)54-50(67)59-24-18-37(19-25-59)57-20-14-36(15-21-57)58-22-16-38(17-23-58)60-26-27-61-39(32-60)31-52-47-43(61)29-42(55-56-47)41-8-6-7-9-45(41)64/h1,6-13,29,36-40,44,46,63-64H,14-28,30-33H2,2-4H3,(H,52,56)(H,53,65)(H,54,67)/t39-,40+,44-,46+/m0/s1. The van der Waals surface area contributed by atoms with Gasteiger partial charge in [0.15, 0.2) is 5.82 Å². The van der Waals surface area contributed by atoms with E-state index in [2.05, 4.69) is 57.7 Å². The molecule has 6 aliphatic heterocycles. The predicted molar refractivity (Wildman–Crippen MR) is 258 cm³/mol. The molecule has 5 N–H and O–H groups in total. The molecule has 3 aromatic rings. The van der Waals surface area contributed by atoms with Crippen molar-refractivity contribution in [3.8, 4) is 29.4 Å². The summed E-state index contributed by atoms with van der Waals surface area (Å²) >= 11 is 0. The van der Waals surface area contributed by atoms with Crippen LogP contribution in [-0.2, 0) is 16.1 Å². The Hall–Kier alpha value is -5.47. The highest BCUT2D eigenvalue weighted by Gasteiger charge is 2.45. The van der Waals surface area contributed by atoms with Crippen LogP contribution in [0.4, 0.5) is 16.3 Å². The number of terminal acetylenes is 1. The number of hydrogen-bond donors (Lipinski definition) is 5. The normalized spacial score (nSPS) is 24.3. The maximum atomic E-state index is 14.2. The summed E-state index contributed by atoms with van der Waals surface area (Å²) in [5.41, 5.74) is 3.45. The van der Waals surface area contributed by atoms with Crippen molar-refractivity contribution in [2.24, 2.45) is 5.41 Å². The Kier molecular flexibility index (Phi) is 13.9. The molecule has 0 aliphatic carbocycles. The van der Waals surface area contributed by atoms with Crippen molar-refractivity contribution in [2.45, 2.75) is 115 Å². The van der Waals surface area contributed by atoms with E-state index in [1.807, 2.05) is 68.1 Å². The van der Waals surface area contributed by atoms with E-state index in [-0.39, 0.29) is 43.1 Å². The molecular weight excluding hydrogens is 847 g/mol. The second kappa shape index (κ2) is 20.0. The van der Waals surface area contributed by atoms with E-state index in [1.165, 1.54) is 30.6 Å². The molecular formula is C51H69N11O5. The SMILES string of the molecule is C#Cc1ccc(CNC(=O)[C@@H]2C[C@@H](O)CN2C(=O)[C@@H](NC(=O)N2CCC(N3CCC(N4CCC(N5CCN6c7cc(-c8ccccc8O)nnc7NC[C@H]6C5)CC4)CC3)CC2)C(C)(C)C)cc1. The lowest BCUT2D eigenvalue weighted by Crippen LogP contribution is -2.61. The molecule has 4 atom stereocenters. The fourth-order valence-electron chi connectivity index (χ4n) is 11.5. The maximum Gasteiger partial charge on any atom is 0.318 e. The number of β-amino-alcohol motifs (C(OH)–C–C–N with tert-alkyl or cyclic N) is 1. The van der Waals surface area contributed by atoms with Crippen LogP contribution in [0.1, 0.15) is 76.8 Å². The van der Waals surface area contributed by atoms with Crippen LogP contribution in [0.2, 0.25) is 0 Å². The Balaban J connectivity index is 0.705. The highest BCUT2D eigenvalue weighted by Crippen LogP contribution is 2.37. The minimum atomic E-state index is -0.876. The van der Waals surface area contributed by atoms with Crippen molar-refractivity contribution in [2.75, 3.05) is 82.2 Å². The van der Waals surface area contributed by atoms with Gasteiger partial charge in [-0.3, -0.25) is 14.5 Å². The zero-order chi connectivity index (χ0) is 46.8. The van der Waals surface area contributed by atoms with Crippen LogP contribution in [0.15, 0.2) is 54.6 Å².